The Morgan fingerprint density at radius 2 is 1.84 bits per heavy atom. The predicted molar refractivity (Wildman–Crippen MR) is 136 cm³/mol. The number of rotatable bonds is 5. The zero-order valence-electron chi connectivity index (χ0n) is 20.6. The molecule has 9 nitrogen and oxygen atoms in total. The first kappa shape index (κ1) is 24.8. The fraction of sp³-hybridized carbons (Fsp3) is 0.440. The molecule has 0 unspecified atom stereocenters. The fourth-order valence-corrected chi connectivity index (χ4v) is 4.98. The number of piperidine rings is 1. The number of aromatic nitrogens is 4. The molecule has 5 rings (SSSR count). The highest BCUT2D eigenvalue weighted by molar-refractivity contribution is 5.87. The Morgan fingerprint density at radius 3 is 2.51 bits per heavy atom. The number of imidazole rings is 1. The molecule has 196 valence electrons. The number of carbonyl (C=O) groups excluding carboxylic acids is 1. The molecule has 2 aliphatic rings. The lowest BCUT2D eigenvalue weighted by molar-refractivity contribution is -0.138. The van der Waals surface area contributed by atoms with E-state index in [-0.39, 0.29) is 17.9 Å². The van der Waals surface area contributed by atoms with Crippen LogP contribution in [-0.4, -0.2) is 75.6 Å². The van der Waals surface area contributed by atoms with Gasteiger partial charge in [0.25, 0.3) is 0 Å². The van der Waals surface area contributed by atoms with E-state index in [9.17, 15) is 18.0 Å². The van der Waals surface area contributed by atoms with Gasteiger partial charge in [0.15, 0.2) is 0 Å². The normalized spacial score (nSPS) is 18.8. The third-order valence-corrected chi connectivity index (χ3v) is 6.99. The van der Waals surface area contributed by atoms with Gasteiger partial charge in [0.1, 0.15) is 0 Å². The molecule has 0 spiro atoms. The van der Waals surface area contributed by atoms with Crippen molar-refractivity contribution in [3.63, 3.8) is 0 Å². The third kappa shape index (κ3) is 5.18. The number of aryl methyl sites for hydroxylation is 1. The summed E-state index contributed by atoms with van der Waals surface area (Å²) in [6, 6.07) is 6.22. The zero-order chi connectivity index (χ0) is 26.2. The summed E-state index contributed by atoms with van der Waals surface area (Å²) in [4.78, 5) is 30.7. The van der Waals surface area contributed by atoms with Crippen LogP contribution in [0.1, 0.15) is 18.4 Å². The third-order valence-electron chi connectivity index (χ3n) is 6.99. The number of hydrogen-bond acceptors (Lipinski definition) is 7. The van der Waals surface area contributed by atoms with E-state index in [4.69, 9.17) is 4.98 Å². The highest BCUT2D eigenvalue weighted by Gasteiger charge is 2.31. The van der Waals surface area contributed by atoms with Gasteiger partial charge in [0, 0.05) is 70.4 Å². The number of benzene rings is 1. The Bertz CT molecular complexity index is 1280. The van der Waals surface area contributed by atoms with Gasteiger partial charge in [-0.2, -0.15) is 13.2 Å². The standard InChI is InChI=1S/C25H29F3N8O/c1-3-22(37)35-11-9-34(10-12-35)19-6-7-21-20(13-19)32-24(33(21)2)36-8-4-5-18(16-36)31-23-29-14-17(15-30-23)25(26,27)28/h3,6-7,13-15,18H,1,4-5,8-12,16H2,2H3,(H,29,30,31)/t18-/m1/s1. The molecule has 0 saturated carbocycles. The number of alkyl halides is 3. The van der Waals surface area contributed by atoms with Crippen LogP contribution in [0.4, 0.5) is 30.8 Å². The largest absolute Gasteiger partial charge is 0.419 e. The molecule has 0 bridgehead atoms. The van der Waals surface area contributed by atoms with Crippen LogP contribution in [0.3, 0.4) is 0 Å². The summed E-state index contributed by atoms with van der Waals surface area (Å²) < 4.78 is 40.5. The maximum atomic E-state index is 12.8. The van der Waals surface area contributed by atoms with Crippen molar-refractivity contribution in [2.45, 2.75) is 25.1 Å². The summed E-state index contributed by atoms with van der Waals surface area (Å²) in [5.41, 5.74) is 2.11. The average Bonchev–Trinajstić information content (AvgIpc) is 3.24. The quantitative estimate of drug-likeness (QED) is 0.524. The summed E-state index contributed by atoms with van der Waals surface area (Å²) in [5, 5.41) is 3.17. The van der Waals surface area contributed by atoms with Crippen molar-refractivity contribution in [2.24, 2.45) is 7.05 Å². The molecular formula is C25H29F3N8O. The van der Waals surface area contributed by atoms with Gasteiger partial charge in [0.05, 0.1) is 16.6 Å². The lowest BCUT2D eigenvalue weighted by Crippen LogP contribution is -2.48. The van der Waals surface area contributed by atoms with Crippen LogP contribution in [0.2, 0.25) is 0 Å². The summed E-state index contributed by atoms with van der Waals surface area (Å²) in [7, 11) is 1.99. The Morgan fingerprint density at radius 1 is 1.11 bits per heavy atom. The topological polar surface area (TPSA) is 82.4 Å². The minimum Gasteiger partial charge on any atom is -0.368 e. The van der Waals surface area contributed by atoms with Gasteiger partial charge < -0.3 is 24.6 Å². The molecule has 12 heteroatoms. The summed E-state index contributed by atoms with van der Waals surface area (Å²) >= 11 is 0. The van der Waals surface area contributed by atoms with Crippen molar-refractivity contribution in [1.29, 1.82) is 0 Å². The smallest absolute Gasteiger partial charge is 0.368 e. The molecular weight excluding hydrogens is 485 g/mol. The van der Waals surface area contributed by atoms with Crippen LogP contribution in [0.15, 0.2) is 43.2 Å². The Labute approximate surface area is 212 Å². The second-order valence-electron chi connectivity index (χ2n) is 9.38. The molecule has 3 aromatic rings. The molecule has 1 atom stereocenters. The molecule has 1 amide bonds. The Kier molecular flexibility index (Phi) is 6.65. The number of carbonyl (C=O) groups is 1. The van der Waals surface area contributed by atoms with Gasteiger partial charge in [0.2, 0.25) is 17.8 Å². The Hall–Kier alpha value is -3.83. The lowest BCUT2D eigenvalue weighted by atomic mass is 10.1. The number of nitrogens with one attached hydrogen (secondary N) is 1. The van der Waals surface area contributed by atoms with Gasteiger partial charge in [-0.1, -0.05) is 6.58 Å². The van der Waals surface area contributed by atoms with Crippen molar-refractivity contribution in [1.82, 2.24) is 24.4 Å². The number of piperazine rings is 1. The first-order valence-corrected chi connectivity index (χ1v) is 12.3. The number of nitrogens with zero attached hydrogens (tertiary/aromatic N) is 7. The second-order valence-corrected chi connectivity index (χ2v) is 9.38. The average molecular weight is 515 g/mol. The summed E-state index contributed by atoms with van der Waals surface area (Å²) in [6.07, 6.45) is 0.260. The van der Waals surface area contributed by atoms with Crippen LogP contribution in [0.25, 0.3) is 11.0 Å². The minimum absolute atomic E-state index is 0.0181. The SMILES string of the molecule is C=CC(=O)N1CCN(c2ccc3c(c2)nc(N2CCC[C@@H](Nc4ncc(C(F)(F)F)cn4)C2)n3C)CC1. The fourth-order valence-electron chi connectivity index (χ4n) is 4.98. The highest BCUT2D eigenvalue weighted by Crippen LogP contribution is 2.30. The molecule has 0 radical (unpaired) electrons. The monoisotopic (exact) mass is 514 g/mol. The first-order chi connectivity index (χ1) is 17.7. The predicted octanol–water partition coefficient (Wildman–Crippen LogP) is 3.30. The number of anilines is 3. The Balaban J connectivity index is 1.28. The van der Waals surface area contributed by atoms with E-state index in [1.165, 1.54) is 6.08 Å². The van der Waals surface area contributed by atoms with Crippen LogP contribution in [-0.2, 0) is 18.0 Å². The van der Waals surface area contributed by atoms with E-state index in [1.54, 1.807) is 4.90 Å². The van der Waals surface area contributed by atoms with Crippen LogP contribution in [0, 0.1) is 0 Å². The van der Waals surface area contributed by atoms with E-state index < -0.39 is 11.7 Å². The van der Waals surface area contributed by atoms with Crippen molar-refractivity contribution in [3.8, 4) is 0 Å². The van der Waals surface area contributed by atoms with Crippen LogP contribution < -0.4 is 15.1 Å². The molecule has 2 aliphatic heterocycles. The van der Waals surface area contributed by atoms with E-state index in [0.29, 0.717) is 19.6 Å². The van der Waals surface area contributed by atoms with Crippen molar-refractivity contribution in [2.75, 3.05) is 54.4 Å². The number of halogens is 3. The molecule has 2 fully saturated rings. The van der Waals surface area contributed by atoms with Gasteiger partial charge >= 0.3 is 6.18 Å². The van der Waals surface area contributed by atoms with Crippen LogP contribution >= 0.6 is 0 Å². The molecule has 2 saturated heterocycles. The van der Waals surface area contributed by atoms with Crippen molar-refractivity contribution in [3.05, 3.63) is 48.8 Å². The van der Waals surface area contributed by atoms with E-state index >= 15 is 0 Å². The first-order valence-electron chi connectivity index (χ1n) is 12.3. The lowest BCUT2D eigenvalue weighted by Gasteiger charge is -2.35. The zero-order valence-corrected chi connectivity index (χ0v) is 20.6. The summed E-state index contributed by atoms with van der Waals surface area (Å²) in [6.45, 7) is 7.83. The molecule has 37 heavy (non-hydrogen) atoms. The molecule has 1 aromatic carbocycles. The number of fused-ring (bicyclic) bond motifs is 1. The molecule has 4 heterocycles. The van der Waals surface area contributed by atoms with E-state index in [0.717, 1.165) is 67.5 Å². The minimum atomic E-state index is -4.46. The van der Waals surface area contributed by atoms with Gasteiger partial charge in [-0.15, -0.1) is 0 Å². The van der Waals surface area contributed by atoms with E-state index in [1.807, 2.05) is 7.05 Å². The van der Waals surface area contributed by atoms with E-state index in [2.05, 4.69) is 54.4 Å². The molecule has 0 aliphatic carbocycles. The maximum absolute atomic E-state index is 12.8. The highest BCUT2D eigenvalue weighted by atomic mass is 19.4. The second kappa shape index (κ2) is 9.91. The maximum Gasteiger partial charge on any atom is 0.419 e. The molecule has 1 N–H and O–H groups in total. The molecule has 2 aromatic heterocycles. The van der Waals surface area contributed by atoms with Crippen molar-refractivity contribution >= 4 is 34.5 Å². The van der Waals surface area contributed by atoms with Gasteiger partial charge in [-0.05, 0) is 37.1 Å². The van der Waals surface area contributed by atoms with Crippen molar-refractivity contribution < 1.29 is 18.0 Å². The summed E-state index contributed by atoms with van der Waals surface area (Å²) in [5.74, 6) is 0.987. The van der Waals surface area contributed by atoms with Crippen LogP contribution in [0.5, 0.6) is 0 Å². The number of amides is 1. The van der Waals surface area contributed by atoms with Gasteiger partial charge in [-0.3, -0.25) is 4.79 Å². The number of hydrogen-bond donors (Lipinski definition) is 1. The van der Waals surface area contributed by atoms with Gasteiger partial charge in [-0.25, -0.2) is 15.0 Å².